The van der Waals surface area contributed by atoms with Crippen LogP contribution in [0.25, 0.3) is 0 Å². The quantitative estimate of drug-likeness (QED) is 0.885. The molecule has 1 saturated heterocycles. The van der Waals surface area contributed by atoms with E-state index in [1.54, 1.807) is 0 Å². The molecular formula is C14H24N4. The van der Waals surface area contributed by atoms with E-state index in [2.05, 4.69) is 41.0 Å². The number of rotatable bonds is 3. The molecule has 18 heavy (non-hydrogen) atoms. The highest BCUT2D eigenvalue weighted by molar-refractivity contribution is 5.03. The lowest BCUT2D eigenvalue weighted by Crippen LogP contribution is -2.61. The number of nitrogens with one attached hydrogen (secondary N) is 1. The second kappa shape index (κ2) is 5.33. The summed E-state index contributed by atoms with van der Waals surface area (Å²) < 4.78 is 0. The highest BCUT2D eigenvalue weighted by Crippen LogP contribution is 2.19. The summed E-state index contributed by atoms with van der Waals surface area (Å²) in [5, 5.41) is 3.61. The molecule has 0 aliphatic carbocycles. The molecule has 4 heteroatoms. The van der Waals surface area contributed by atoms with E-state index >= 15 is 0 Å². The fraction of sp³-hybridized carbons (Fsp3) is 0.714. The van der Waals surface area contributed by atoms with Crippen LogP contribution in [0.3, 0.4) is 0 Å². The van der Waals surface area contributed by atoms with Gasteiger partial charge in [0, 0.05) is 37.4 Å². The van der Waals surface area contributed by atoms with Gasteiger partial charge in [-0.3, -0.25) is 4.90 Å². The molecule has 1 aliphatic rings. The van der Waals surface area contributed by atoms with Gasteiger partial charge in [0.2, 0.25) is 0 Å². The minimum Gasteiger partial charge on any atom is -0.309 e. The number of aryl methyl sites for hydroxylation is 1. The molecule has 0 saturated carbocycles. The molecule has 2 rings (SSSR count). The van der Waals surface area contributed by atoms with E-state index in [0.717, 1.165) is 31.2 Å². The van der Waals surface area contributed by atoms with E-state index in [1.165, 1.54) is 6.42 Å². The van der Waals surface area contributed by atoms with Crippen LogP contribution in [0.2, 0.25) is 0 Å². The first kappa shape index (κ1) is 13.4. The maximum atomic E-state index is 4.51. The standard InChI is InChI=1S/C14H24N4/c1-5-13-8-16-14(3,4)10-18(13)9-12-6-7-15-11(2)17-12/h6-7,13,16H,5,8-10H2,1-4H3. The molecule has 0 bridgehead atoms. The number of hydrogen-bond acceptors (Lipinski definition) is 4. The third-order valence-corrected chi connectivity index (χ3v) is 3.60. The van der Waals surface area contributed by atoms with Gasteiger partial charge in [0.25, 0.3) is 0 Å². The predicted octanol–water partition coefficient (Wildman–Crippen LogP) is 1.75. The van der Waals surface area contributed by atoms with Crippen LogP contribution in [0.1, 0.15) is 38.7 Å². The summed E-state index contributed by atoms with van der Waals surface area (Å²) in [5.41, 5.74) is 1.31. The van der Waals surface area contributed by atoms with Crippen LogP contribution in [-0.2, 0) is 6.54 Å². The highest BCUT2D eigenvalue weighted by atomic mass is 15.3. The molecule has 0 radical (unpaired) electrons. The van der Waals surface area contributed by atoms with Crippen molar-refractivity contribution in [2.45, 2.75) is 52.2 Å². The molecule has 0 amide bonds. The molecule has 2 heterocycles. The van der Waals surface area contributed by atoms with Gasteiger partial charge >= 0.3 is 0 Å². The van der Waals surface area contributed by atoms with Gasteiger partial charge in [-0.05, 0) is 33.3 Å². The molecule has 1 unspecified atom stereocenters. The Kier molecular flexibility index (Phi) is 3.97. The van der Waals surface area contributed by atoms with Crippen LogP contribution in [0.5, 0.6) is 0 Å². The summed E-state index contributed by atoms with van der Waals surface area (Å²) in [4.78, 5) is 11.2. The number of aromatic nitrogens is 2. The van der Waals surface area contributed by atoms with Crippen LogP contribution >= 0.6 is 0 Å². The van der Waals surface area contributed by atoms with Crippen molar-refractivity contribution in [1.82, 2.24) is 20.2 Å². The van der Waals surface area contributed by atoms with E-state index in [-0.39, 0.29) is 5.54 Å². The van der Waals surface area contributed by atoms with Crippen molar-refractivity contribution in [1.29, 1.82) is 0 Å². The first-order valence-corrected chi connectivity index (χ1v) is 6.78. The Morgan fingerprint density at radius 1 is 1.50 bits per heavy atom. The topological polar surface area (TPSA) is 41.0 Å². The second-order valence-corrected chi connectivity index (χ2v) is 5.83. The summed E-state index contributed by atoms with van der Waals surface area (Å²) >= 11 is 0. The molecular weight excluding hydrogens is 224 g/mol. The second-order valence-electron chi connectivity index (χ2n) is 5.83. The first-order valence-electron chi connectivity index (χ1n) is 6.78. The van der Waals surface area contributed by atoms with Gasteiger partial charge in [0.1, 0.15) is 5.82 Å². The maximum absolute atomic E-state index is 4.51. The molecule has 1 aromatic heterocycles. The van der Waals surface area contributed by atoms with Crippen molar-refractivity contribution in [3.8, 4) is 0 Å². The minimum atomic E-state index is 0.188. The molecule has 1 aromatic rings. The zero-order chi connectivity index (χ0) is 13.2. The van der Waals surface area contributed by atoms with E-state index in [1.807, 2.05) is 19.2 Å². The van der Waals surface area contributed by atoms with Crippen molar-refractivity contribution in [2.75, 3.05) is 13.1 Å². The molecule has 1 N–H and O–H groups in total. The molecule has 1 atom stereocenters. The fourth-order valence-electron chi connectivity index (χ4n) is 2.60. The third-order valence-electron chi connectivity index (χ3n) is 3.60. The summed E-state index contributed by atoms with van der Waals surface area (Å²) in [5.74, 6) is 0.856. The lowest BCUT2D eigenvalue weighted by atomic mass is 9.97. The largest absolute Gasteiger partial charge is 0.309 e. The highest BCUT2D eigenvalue weighted by Gasteiger charge is 2.31. The molecule has 100 valence electrons. The van der Waals surface area contributed by atoms with Gasteiger partial charge in [-0.2, -0.15) is 0 Å². The van der Waals surface area contributed by atoms with Crippen molar-refractivity contribution in [3.63, 3.8) is 0 Å². The average Bonchev–Trinajstić information content (AvgIpc) is 2.28. The van der Waals surface area contributed by atoms with Crippen LogP contribution < -0.4 is 5.32 Å². The van der Waals surface area contributed by atoms with Gasteiger partial charge in [0.15, 0.2) is 0 Å². The zero-order valence-electron chi connectivity index (χ0n) is 11.9. The molecule has 1 aliphatic heterocycles. The van der Waals surface area contributed by atoms with Gasteiger partial charge in [-0.15, -0.1) is 0 Å². The monoisotopic (exact) mass is 248 g/mol. The minimum absolute atomic E-state index is 0.188. The summed E-state index contributed by atoms with van der Waals surface area (Å²) in [6, 6.07) is 2.63. The van der Waals surface area contributed by atoms with Crippen molar-refractivity contribution >= 4 is 0 Å². The van der Waals surface area contributed by atoms with Gasteiger partial charge in [0.05, 0.1) is 5.69 Å². The lowest BCUT2D eigenvalue weighted by Gasteiger charge is -2.44. The third kappa shape index (κ3) is 3.27. The molecule has 1 fully saturated rings. The van der Waals surface area contributed by atoms with Crippen molar-refractivity contribution in [3.05, 3.63) is 23.8 Å². The van der Waals surface area contributed by atoms with E-state index in [9.17, 15) is 0 Å². The fourth-order valence-corrected chi connectivity index (χ4v) is 2.60. The van der Waals surface area contributed by atoms with Gasteiger partial charge in [-0.25, -0.2) is 9.97 Å². The number of piperazine rings is 1. The summed E-state index contributed by atoms with van der Waals surface area (Å²) in [6.45, 7) is 11.8. The van der Waals surface area contributed by atoms with Gasteiger partial charge < -0.3 is 5.32 Å². The zero-order valence-corrected chi connectivity index (χ0v) is 11.9. The SMILES string of the molecule is CCC1CNC(C)(C)CN1Cc1ccnc(C)n1. The molecule has 0 aromatic carbocycles. The Balaban J connectivity index is 2.09. The number of nitrogens with zero attached hydrogens (tertiary/aromatic N) is 3. The Morgan fingerprint density at radius 3 is 2.94 bits per heavy atom. The number of hydrogen-bond donors (Lipinski definition) is 1. The first-order chi connectivity index (χ1) is 8.50. The average molecular weight is 248 g/mol. The lowest BCUT2D eigenvalue weighted by molar-refractivity contribution is 0.0846. The van der Waals surface area contributed by atoms with Gasteiger partial charge in [-0.1, -0.05) is 6.92 Å². The smallest absolute Gasteiger partial charge is 0.125 e. The summed E-state index contributed by atoms with van der Waals surface area (Å²) in [6.07, 6.45) is 3.03. The van der Waals surface area contributed by atoms with Crippen molar-refractivity contribution < 1.29 is 0 Å². The molecule has 4 nitrogen and oxygen atoms in total. The van der Waals surface area contributed by atoms with Crippen LogP contribution in [-0.4, -0.2) is 39.5 Å². The van der Waals surface area contributed by atoms with E-state index < -0.39 is 0 Å². The Labute approximate surface area is 110 Å². The Bertz CT molecular complexity index is 403. The summed E-state index contributed by atoms with van der Waals surface area (Å²) in [7, 11) is 0. The van der Waals surface area contributed by atoms with E-state index in [4.69, 9.17) is 0 Å². The Hall–Kier alpha value is -1.00. The van der Waals surface area contributed by atoms with Crippen LogP contribution in [0.4, 0.5) is 0 Å². The molecule has 0 spiro atoms. The van der Waals surface area contributed by atoms with Crippen molar-refractivity contribution in [2.24, 2.45) is 0 Å². The Morgan fingerprint density at radius 2 is 2.28 bits per heavy atom. The maximum Gasteiger partial charge on any atom is 0.125 e. The normalized spacial score (nSPS) is 24.1. The van der Waals surface area contributed by atoms with Crippen LogP contribution in [0, 0.1) is 6.92 Å². The van der Waals surface area contributed by atoms with Crippen LogP contribution in [0.15, 0.2) is 12.3 Å². The van der Waals surface area contributed by atoms with E-state index in [0.29, 0.717) is 6.04 Å². The predicted molar refractivity (Wildman–Crippen MR) is 73.3 cm³/mol.